The van der Waals surface area contributed by atoms with E-state index in [0.717, 1.165) is 0 Å². The maximum absolute atomic E-state index is 12.8. The molecule has 0 amide bonds. The van der Waals surface area contributed by atoms with E-state index in [9.17, 15) is 13.2 Å². The number of hydrogen-bond donors (Lipinski definition) is 1. The van der Waals surface area contributed by atoms with Crippen LogP contribution < -0.4 is 5.32 Å². The van der Waals surface area contributed by atoms with Gasteiger partial charge in [0.1, 0.15) is 4.60 Å². The van der Waals surface area contributed by atoms with Gasteiger partial charge in [-0.05, 0) is 22.0 Å². The highest BCUT2D eigenvalue weighted by atomic mass is 79.9. The summed E-state index contributed by atoms with van der Waals surface area (Å²) in [4.78, 5) is 5.90. The predicted octanol–water partition coefficient (Wildman–Crippen LogP) is 3.59. The average Bonchev–Trinajstić information content (AvgIpc) is 2.37. The second-order valence-corrected chi connectivity index (χ2v) is 5.26. The Bertz CT molecular complexity index is 428. The Morgan fingerprint density at radius 3 is 2.43 bits per heavy atom. The topological polar surface area (TPSA) is 28.2 Å². The third-order valence-corrected chi connectivity index (χ3v) is 3.83. The highest BCUT2D eigenvalue weighted by molar-refractivity contribution is 9.10. The third-order valence-electron chi connectivity index (χ3n) is 3.16. The molecule has 1 fully saturated rings. The molecule has 0 saturated carbocycles. The zero-order valence-electron chi connectivity index (χ0n) is 11.1. The van der Waals surface area contributed by atoms with E-state index in [-0.39, 0.29) is 24.8 Å². The maximum atomic E-state index is 12.8. The number of piperazine rings is 1. The molecule has 0 unspecified atom stereocenters. The fourth-order valence-corrected chi connectivity index (χ4v) is 2.81. The number of halogens is 6. The second-order valence-electron chi connectivity index (χ2n) is 4.50. The molecule has 1 atom stereocenters. The van der Waals surface area contributed by atoms with Gasteiger partial charge in [0.2, 0.25) is 0 Å². The van der Waals surface area contributed by atoms with E-state index in [0.29, 0.717) is 36.3 Å². The van der Waals surface area contributed by atoms with Crippen molar-refractivity contribution < 1.29 is 13.2 Å². The van der Waals surface area contributed by atoms with E-state index < -0.39 is 18.6 Å². The number of hydrogen-bond acceptors (Lipinski definition) is 3. The molecule has 0 aliphatic carbocycles. The van der Waals surface area contributed by atoms with Crippen molar-refractivity contribution in [3.63, 3.8) is 0 Å². The Morgan fingerprint density at radius 2 is 1.90 bits per heavy atom. The fourth-order valence-electron chi connectivity index (χ4n) is 2.30. The third kappa shape index (κ3) is 6.28. The van der Waals surface area contributed by atoms with Crippen LogP contribution in [0.25, 0.3) is 0 Å². The van der Waals surface area contributed by atoms with Gasteiger partial charge in [-0.25, -0.2) is 4.98 Å². The van der Waals surface area contributed by atoms with Crippen LogP contribution in [-0.4, -0.2) is 42.2 Å². The van der Waals surface area contributed by atoms with E-state index >= 15 is 0 Å². The van der Waals surface area contributed by atoms with Gasteiger partial charge in [0.05, 0.1) is 6.42 Å². The minimum Gasteiger partial charge on any atom is -0.314 e. The van der Waals surface area contributed by atoms with Crippen molar-refractivity contribution >= 4 is 40.7 Å². The Morgan fingerprint density at radius 1 is 1.29 bits per heavy atom. The molecule has 0 bridgehead atoms. The Hall–Kier alpha value is -0.0800. The summed E-state index contributed by atoms with van der Waals surface area (Å²) >= 11 is 3.25. The van der Waals surface area contributed by atoms with Gasteiger partial charge >= 0.3 is 6.18 Å². The van der Waals surface area contributed by atoms with E-state index in [1.54, 1.807) is 18.3 Å². The first-order valence-electron chi connectivity index (χ1n) is 6.09. The van der Waals surface area contributed by atoms with Crippen molar-refractivity contribution in [3.05, 3.63) is 28.5 Å². The van der Waals surface area contributed by atoms with Gasteiger partial charge in [0.25, 0.3) is 0 Å². The Balaban J connectivity index is 0.00000200. The van der Waals surface area contributed by atoms with Crippen molar-refractivity contribution in [1.82, 2.24) is 15.2 Å². The summed E-state index contributed by atoms with van der Waals surface area (Å²) in [6.07, 6.45) is -3.47. The minimum absolute atomic E-state index is 0. The Kier molecular flexibility index (Phi) is 9.11. The van der Waals surface area contributed by atoms with Crippen LogP contribution in [0.15, 0.2) is 22.9 Å². The highest BCUT2D eigenvalue weighted by Gasteiger charge is 2.36. The first kappa shape index (κ1) is 20.9. The lowest BCUT2D eigenvalue weighted by Crippen LogP contribution is -2.46. The van der Waals surface area contributed by atoms with Crippen LogP contribution in [-0.2, 0) is 0 Å². The van der Waals surface area contributed by atoms with Crippen molar-refractivity contribution in [2.75, 3.05) is 26.2 Å². The van der Waals surface area contributed by atoms with E-state index in [2.05, 4.69) is 26.2 Å². The second kappa shape index (κ2) is 9.15. The summed E-state index contributed by atoms with van der Waals surface area (Å²) in [5, 5.41) is 3.15. The molecule has 1 aliphatic heterocycles. The highest BCUT2D eigenvalue weighted by Crippen LogP contribution is 2.36. The molecule has 122 valence electrons. The van der Waals surface area contributed by atoms with Gasteiger partial charge < -0.3 is 5.32 Å². The summed E-state index contributed by atoms with van der Waals surface area (Å²) in [6, 6.07) is 2.70. The van der Waals surface area contributed by atoms with E-state index in [1.165, 1.54) is 0 Å². The number of nitrogens with one attached hydrogen (secondary N) is 1. The molecule has 0 aromatic carbocycles. The van der Waals surface area contributed by atoms with Gasteiger partial charge in [-0.2, -0.15) is 13.2 Å². The lowest BCUT2D eigenvalue weighted by Gasteiger charge is -2.35. The van der Waals surface area contributed by atoms with Crippen LogP contribution in [0.5, 0.6) is 0 Å². The van der Waals surface area contributed by atoms with Crippen molar-refractivity contribution in [3.8, 4) is 0 Å². The quantitative estimate of drug-likeness (QED) is 0.772. The lowest BCUT2D eigenvalue weighted by atomic mass is 10.0. The molecule has 1 aromatic heterocycles. The first-order valence-corrected chi connectivity index (χ1v) is 6.88. The SMILES string of the molecule is Cl.Cl.FC(F)(F)C[C@H](c1cccnc1Br)N1CCNCC1. The summed E-state index contributed by atoms with van der Waals surface area (Å²) in [7, 11) is 0. The lowest BCUT2D eigenvalue weighted by molar-refractivity contribution is -0.148. The fraction of sp³-hybridized carbons (Fsp3) is 0.583. The maximum Gasteiger partial charge on any atom is 0.390 e. The molecule has 1 N–H and O–H groups in total. The molecule has 1 aromatic rings. The molecule has 2 heterocycles. The van der Waals surface area contributed by atoms with Crippen LogP contribution in [0.1, 0.15) is 18.0 Å². The van der Waals surface area contributed by atoms with E-state index in [1.807, 2.05) is 4.90 Å². The summed E-state index contributed by atoms with van der Waals surface area (Å²) in [6.45, 7) is 2.66. The monoisotopic (exact) mass is 409 g/mol. The molecule has 0 radical (unpaired) electrons. The standard InChI is InChI=1S/C12H15BrF3N3.2ClH/c13-11-9(2-1-3-18-11)10(8-12(14,15)16)19-6-4-17-5-7-19;;/h1-3,10,17H,4-8H2;2*1H/t10-;;/m1../s1. The van der Waals surface area contributed by atoms with Crippen molar-refractivity contribution in [2.45, 2.75) is 18.6 Å². The molecular formula is C12H17BrCl2F3N3. The summed E-state index contributed by atoms with van der Waals surface area (Å²) in [5.74, 6) is 0. The number of aromatic nitrogens is 1. The number of pyridine rings is 1. The number of alkyl halides is 3. The smallest absolute Gasteiger partial charge is 0.314 e. The zero-order chi connectivity index (χ0) is 13.9. The first-order chi connectivity index (χ1) is 8.97. The van der Waals surface area contributed by atoms with Crippen molar-refractivity contribution in [1.29, 1.82) is 0 Å². The summed E-state index contributed by atoms with van der Waals surface area (Å²) < 4.78 is 38.9. The molecule has 0 spiro atoms. The molecule has 2 rings (SSSR count). The molecule has 1 aliphatic rings. The molecule has 1 saturated heterocycles. The van der Waals surface area contributed by atoms with Crippen LogP contribution in [0.2, 0.25) is 0 Å². The molecule has 3 nitrogen and oxygen atoms in total. The van der Waals surface area contributed by atoms with Crippen LogP contribution in [0.3, 0.4) is 0 Å². The average molecular weight is 411 g/mol. The van der Waals surface area contributed by atoms with E-state index in [4.69, 9.17) is 0 Å². The predicted molar refractivity (Wildman–Crippen MR) is 84.3 cm³/mol. The molecule has 9 heteroatoms. The normalized spacial score (nSPS) is 17.5. The summed E-state index contributed by atoms with van der Waals surface area (Å²) in [5.41, 5.74) is 0.599. The van der Waals surface area contributed by atoms with Gasteiger partial charge in [-0.3, -0.25) is 4.90 Å². The Labute approximate surface area is 142 Å². The van der Waals surface area contributed by atoms with Gasteiger partial charge in [0.15, 0.2) is 0 Å². The largest absolute Gasteiger partial charge is 0.390 e. The van der Waals surface area contributed by atoms with Gasteiger partial charge in [0, 0.05) is 44.0 Å². The van der Waals surface area contributed by atoms with Crippen LogP contribution >= 0.6 is 40.7 Å². The minimum atomic E-state index is -4.19. The zero-order valence-corrected chi connectivity index (χ0v) is 14.3. The van der Waals surface area contributed by atoms with Gasteiger partial charge in [-0.1, -0.05) is 6.07 Å². The molecule has 21 heavy (non-hydrogen) atoms. The van der Waals surface area contributed by atoms with Crippen LogP contribution in [0, 0.1) is 0 Å². The van der Waals surface area contributed by atoms with Crippen molar-refractivity contribution in [2.24, 2.45) is 0 Å². The van der Waals surface area contributed by atoms with Gasteiger partial charge in [-0.15, -0.1) is 24.8 Å². The number of nitrogens with zero attached hydrogens (tertiary/aromatic N) is 2. The molecular weight excluding hydrogens is 394 g/mol. The van der Waals surface area contributed by atoms with Crippen LogP contribution in [0.4, 0.5) is 13.2 Å². The number of rotatable bonds is 3.